The molecule has 1 aliphatic rings. The second-order valence-corrected chi connectivity index (χ2v) is 4.80. The van der Waals surface area contributed by atoms with Crippen LogP contribution in [0.25, 0.3) is 0 Å². The molecule has 1 aromatic heterocycles. The van der Waals surface area contributed by atoms with Crippen LogP contribution in [0.3, 0.4) is 0 Å². The fourth-order valence-corrected chi connectivity index (χ4v) is 2.55. The highest BCUT2D eigenvalue weighted by atomic mass is 16.6. The Morgan fingerprint density at radius 3 is 2.44 bits per heavy atom. The van der Waals surface area contributed by atoms with Crippen molar-refractivity contribution in [1.29, 1.82) is 0 Å². The molecule has 18 heavy (non-hydrogen) atoms. The molecule has 0 bridgehead atoms. The summed E-state index contributed by atoms with van der Waals surface area (Å²) in [7, 11) is 1.74. The van der Waals surface area contributed by atoms with Crippen LogP contribution in [-0.2, 0) is 11.8 Å². The molecule has 1 saturated heterocycles. The summed E-state index contributed by atoms with van der Waals surface area (Å²) in [5.41, 5.74) is 0.545. The maximum absolute atomic E-state index is 11.2. The van der Waals surface area contributed by atoms with E-state index in [4.69, 9.17) is 4.74 Å². The zero-order chi connectivity index (χ0) is 13.4. The lowest BCUT2D eigenvalue weighted by Gasteiger charge is -2.35. The average molecular weight is 254 g/mol. The van der Waals surface area contributed by atoms with Crippen molar-refractivity contribution >= 4 is 11.5 Å². The van der Waals surface area contributed by atoms with Crippen LogP contribution < -0.4 is 4.90 Å². The number of hydrogen-bond donors (Lipinski definition) is 0. The zero-order valence-electron chi connectivity index (χ0n) is 11.1. The van der Waals surface area contributed by atoms with E-state index in [0.29, 0.717) is 24.6 Å². The van der Waals surface area contributed by atoms with E-state index in [2.05, 4.69) is 5.10 Å². The van der Waals surface area contributed by atoms with Gasteiger partial charge in [-0.15, -0.1) is 0 Å². The minimum atomic E-state index is -0.359. The SMILES string of the molecule is Cc1nn(C)c(N2CC(C)OC(C)C2)c1[N+](=O)[O-]. The largest absolute Gasteiger partial charge is 0.372 e. The van der Waals surface area contributed by atoms with Gasteiger partial charge in [-0.3, -0.25) is 10.1 Å². The van der Waals surface area contributed by atoms with Gasteiger partial charge in [-0.2, -0.15) is 5.10 Å². The second kappa shape index (κ2) is 4.56. The summed E-state index contributed by atoms with van der Waals surface area (Å²) in [5.74, 6) is 0.569. The predicted molar refractivity (Wildman–Crippen MR) is 66.8 cm³/mol. The lowest BCUT2D eigenvalue weighted by molar-refractivity contribution is -0.384. The standard InChI is InChI=1S/C11H18N4O3/c1-7-5-14(6-8(2)18-7)11-10(15(16)17)9(3)12-13(11)4/h7-8H,5-6H2,1-4H3. The smallest absolute Gasteiger partial charge is 0.333 e. The Morgan fingerprint density at radius 1 is 1.39 bits per heavy atom. The maximum Gasteiger partial charge on any atom is 0.333 e. The quantitative estimate of drug-likeness (QED) is 0.586. The van der Waals surface area contributed by atoms with Crippen molar-refractivity contribution < 1.29 is 9.66 Å². The molecule has 0 N–H and O–H groups in total. The summed E-state index contributed by atoms with van der Waals surface area (Å²) in [6.45, 7) is 6.89. The highest BCUT2D eigenvalue weighted by Gasteiger charge is 2.32. The summed E-state index contributed by atoms with van der Waals surface area (Å²) in [6.07, 6.45) is 0.118. The third-order valence-electron chi connectivity index (χ3n) is 3.06. The van der Waals surface area contributed by atoms with E-state index in [1.807, 2.05) is 18.7 Å². The first-order valence-corrected chi connectivity index (χ1v) is 5.98. The van der Waals surface area contributed by atoms with Gasteiger partial charge in [0.1, 0.15) is 5.69 Å². The van der Waals surface area contributed by atoms with E-state index in [1.165, 1.54) is 0 Å². The van der Waals surface area contributed by atoms with E-state index >= 15 is 0 Å². The highest BCUT2D eigenvalue weighted by Crippen LogP contribution is 2.32. The monoisotopic (exact) mass is 254 g/mol. The molecule has 2 rings (SSSR count). The van der Waals surface area contributed by atoms with Crippen molar-refractivity contribution in [2.24, 2.45) is 7.05 Å². The fraction of sp³-hybridized carbons (Fsp3) is 0.727. The summed E-state index contributed by atoms with van der Waals surface area (Å²) >= 11 is 0. The Morgan fingerprint density at radius 2 is 1.94 bits per heavy atom. The second-order valence-electron chi connectivity index (χ2n) is 4.80. The Bertz CT molecular complexity index is 461. The molecule has 7 nitrogen and oxygen atoms in total. The van der Waals surface area contributed by atoms with E-state index < -0.39 is 0 Å². The number of nitrogens with zero attached hydrogens (tertiary/aromatic N) is 4. The van der Waals surface area contributed by atoms with Gasteiger partial charge >= 0.3 is 5.69 Å². The van der Waals surface area contributed by atoms with Crippen molar-refractivity contribution in [2.75, 3.05) is 18.0 Å². The summed E-state index contributed by atoms with van der Waals surface area (Å²) in [6, 6.07) is 0. The lowest BCUT2D eigenvalue weighted by atomic mass is 10.2. The third kappa shape index (κ3) is 2.17. The Labute approximate surface area is 105 Å². The van der Waals surface area contributed by atoms with Gasteiger partial charge in [0.05, 0.1) is 17.1 Å². The molecule has 0 aromatic carbocycles. The van der Waals surface area contributed by atoms with Gasteiger partial charge in [0.2, 0.25) is 5.82 Å². The number of aryl methyl sites for hydroxylation is 2. The molecule has 7 heteroatoms. The minimum absolute atomic E-state index is 0.0589. The van der Waals surface area contributed by atoms with Crippen molar-refractivity contribution in [1.82, 2.24) is 9.78 Å². The van der Waals surface area contributed by atoms with E-state index in [1.54, 1.807) is 18.7 Å². The van der Waals surface area contributed by atoms with E-state index in [0.717, 1.165) is 0 Å². The zero-order valence-corrected chi connectivity index (χ0v) is 11.1. The lowest BCUT2D eigenvalue weighted by Crippen LogP contribution is -2.46. The highest BCUT2D eigenvalue weighted by molar-refractivity contribution is 5.61. The Hall–Kier alpha value is -1.63. The number of aromatic nitrogens is 2. The number of nitro groups is 1. The normalized spacial score (nSPS) is 24.3. The van der Waals surface area contributed by atoms with Gasteiger partial charge in [-0.1, -0.05) is 0 Å². The molecular formula is C11H18N4O3. The third-order valence-corrected chi connectivity index (χ3v) is 3.06. The Kier molecular flexibility index (Phi) is 3.25. The van der Waals surface area contributed by atoms with Crippen LogP contribution in [0.1, 0.15) is 19.5 Å². The number of rotatable bonds is 2. The molecule has 100 valence electrons. The van der Waals surface area contributed by atoms with E-state index in [-0.39, 0.29) is 22.8 Å². The van der Waals surface area contributed by atoms with Crippen LogP contribution in [0.5, 0.6) is 0 Å². The Balaban J connectivity index is 2.41. The van der Waals surface area contributed by atoms with Crippen molar-refractivity contribution in [3.8, 4) is 0 Å². The van der Waals surface area contributed by atoms with Gasteiger partial charge in [0.25, 0.3) is 0 Å². The van der Waals surface area contributed by atoms with Crippen LogP contribution in [0.4, 0.5) is 11.5 Å². The molecule has 1 aliphatic heterocycles. The summed E-state index contributed by atoms with van der Waals surface area (Å²) < 4.78 is 7.23. The summed E-state index contributed by atoms with van der Waals surface area (Å²) in [4.78, 5) is 12.8. The van der Waals surface area contributed by atoms with Crippen molar-refractivity contribution in [2.45, 2.75) is 33.0 Å². The van der Waals surface area contributed by atoms with Gasteiger partial charge in [0.15, 0.2) is 0 Å². The van der Waals surface area contributed by atoms with Gasteiger partial charge in [-0.25, -0.2) is 4.68 Å². The van der Waals surface area contributed by atoms with Crippen LogP contribution >= 0.6 is 0 Å². The number of anilines is 1. The van der Waals surface area contributed by atoms with Crippen LogP contribution in [0, 0.1) is 17.0 Å². The van der Waals surface area contributed by atoms with Gasteiger partial charge in [-0.05, 0) is 20.8 Å². The molecular weight excluding hydrogens is 236 g/mol. The van der Waals surface area contributed by atoms with Crippen LogP contribution in [0.2, 0.25) is 0 Å². The molecule has 2 heterocycles. The summed E-state index contributed by atoms with van der Waals surface area (Å²) in [5, 5.41) is 15.3. The molecule has 1 fully saturated rings. The molecule has 1 aromatic rings. The molecule has 0 spiro atoms. The predicted octanol–water partition coefficient (Wildman–Crippen LogP) is 1.25. The van der Waals surface area contributed by atoms with Crippen molar-refractivity contribution in [3.05, 3.63) is 15.8 Å². The number of morpholine rings is 1. The molecule has 0 radical (unpaired) electrons. The number of hydrogen-bond acceptors (Lipinski definition) is 5. The molecule has 2 unspecified atom stereocenters. The van der Waals surface area contributed by atoms with Crippen LogP contribution in [0.15, 0.2) is 0 Å². The van der Waals surface area contributed by atoms with E-state index in [9.17, 15) is 10.1 Å². The maximum atomic E-state index is 11.2. The topological polar surface area (TPSA) is 73.4 Å². The molecule has 0 amide bonds. The minimum Gasteiger partial charge on any atom is -0.372 e. The first-order valence-electron chi connectivity index (χ1n) is 5.98. The van der Waals surface area contributed by atoms with Gasteiger partial charge in [0, 0.05) is 20.1 Å². The van der Waals surface area contributed by atoms with Crippen LogP contribution in [-0.4, -0.2) is 40.0 Å². The first-order chi connectivity index (χ1) is 8.40. The molecule has 0 saturated carbocycles. The number of ether oxygens (including phenoxy) is 1. The molecule has 0 aliphatic carbocycles. The van der Waals surface area contributed by atoms with Gasteiger partial charge < -0.3 is 9.64 Å². The molecule has 2 atom stereocenters. The van der Waals surface area contributed by atoms with Crippen molar-refractivity contribution in [3.63, 3.8) is 0 Å². The average Bonchev–Trinajstić information content (AvgIpc) is 2.51. The fourth-order valence-electron chi connectivity index (χ4n) is 2.55. The first kappa shape index (κ1) is 12.8.